The van der Waals surface area contributed by atoms with Crippen LogP contribution in [0.2, 0.25) is 0 Å². The molecule has 0 saturated heterocycles. The van der Waals surface area contributed by atoms with E-state index in [1.54, 1.807) is 30.5 Å². The van der Waals surface area contributed by atoms with Crippen LogP contribution in [-0.4, -0.2) is 23.6 Å². The van der Waals surface area contributed by atoms with E-state index in [0.29, 0.717) is 22.2 Å². The van der Waals surface area contributed by atoms with E-state index < -0.39 is 12.1 Å². The van der Waals surface area contributed by atoms with Crippen molar-refractivity contribution in [1.82, 2.24) is 4.98 Å². The van der Waals surface area contributed by atoms with Gasteiger partial charge >= 0.3 is 6.36 Å². The number of hydrogen-bond acceptors (Lipinski definition) is 4. The van der Waals surface area contributed by atoms with Crippen LogP contribution in [0.3, 0.4) is 0 Å². The standard InChI is InChI=1S/C17H12F3NO3/c1-23-15-7-5-11(12-3-2-8-21-16(12)15)13-9-10(4-6-14(13)22)24-17(18,19)20/h2-9,22H,1H3. The molecule has 0 aliphatic heterocycles. The van der Waals surface area contributed by atoms with Crippen molar-refractivity contribution >= 4 is 10.9 Å². The predicted octanol–water partition coefficient (Wildman–Crippen LogP) is 4.51. The number of benzene rings is 2. The summed E-state index contributed by atoms with van der Waals surface area (Å²) in [7, 11) is 1.50. The zero-order valence-electron chi connectivity index (χ0n) is 12.5. The average Bonchev–Trinajstić information content (AvgIpc) is 2.54. The summed E-state index contributed by atoms with van der Waals surface area (Å²) in [5.41, 5.74) is 1.26. The summed E-state index contributed by atoms with van der Waals surface area (Å²) in [4.78, 5) is 4.23. The van der Waals surface area contributed by atoms with E-state index in [1.165, 1.54) is 7.11 Å². The Morgan fingerprint density at radius 3 is 2.54 bits per heavy atom. The van der Waals surface area contributed by atoms with Gasteiger partial charge in [-0.3, -0.25) is 4.98 Å². The van der Waals surface area contributed by atoms with Crippen molar-refractivity contribution in [2.45, 2.75) is 6.36 Å². The Morgan fingerprint density at radius 1 is 1.04 bits per heavy atom. The van der Waals surface area contributed by atoms with Gasteiger partial charge < -0.3 is 14.6 Å². The molecule has 0 amide bonds. The fourth-order valence-electron chi connectivity index (χ4n) is 2.47. The third-order valence-electron chi connectivity index (χ3n) is 3.44. The summed E-state index contributed by atoms with van der Waals surface area (Å²) in [6, 6.07) is 10.1. The third kappa shape index (κ3) is 3.05. The number of fused-ring (bicyclic) bond motifs is 1. The Bertz CT molecular complexity index is 894. The van der Waals surface area contributed by atoms with Gasteiger partial charge in [-0.2, -0.15) is 0 Å². The van der Waals surface area contributed by atoms with Gasteiger partial charge in [-0.1, -0.05) is 6.07 Å². The van der Waals surface area contributed by atoms with Crippen molar-refractivity contribution in [3.05, 3.63) is 48.7 Å². The highest BCUT2D eigenvalue weighted by molar-refractivity contribution is 5.99. The van der Waals surface area contributed by atoms with Gasteiger partial charge in [0.25, 0.3) is 0 Å². The van der Waals surface area contributed by atoms with Crippen LogP contribution in [0.25, 0.3) is 22.0 Å². The Morgan fingerprint density at radius 2 is 1.83 bits per heavy atom. The van der Waals surface area contributed by atoms with Crippen LogP contribution in [0, 0.1) is 0 Å². The lowest BCUT2D eigenvalue weighted by Gasteiger charge is -2.14. The van der Waals surface area contributed by atoms with Crippen molar-refractivity contribution < 1.29 is 27.8 Å². The van der Waals surface area contributed by atoms with E-state index >= 15 is 0 Å². The number of hydrogen-bond donors (Lipinski definition) is 1. The molecule has 0 saturated carbocycles. The van der Waals surface area contributed by atoms with Crippen molar-refractivity contribution in [1.29, 1.82) is 0 Å². The number of halogens is 3. The summed E-state index contributed by atoms with van der Waals surface area (Å²) in [5, 5.41) is 10.7. The van der Waals surface area contributed by atoms with Crippen LogP contribution < -0.4 is 9.47 Å². The van der Waals surface area contributed by atoms with Gasteiger partial charge in [-0.15, -0.1) is 13.2 Å². The highest BCUT2D eigenvalue weighted by atomic mass is 19.4. The number of phenols is 1. The molecule has 0 spiro atoms. The molecule has 4 nitrogen and oxygen atoms in total. The molecular formula is C17H12F3NO3. The van der Waals surface area contributed by atoms with Gasteiger partial charge in [-0.05, 0) is 42.0 Å². The minimum atomic E-state index is -4.81. The normalized spacial score (nSPS) is 11.5. The van der Waals surface area contributed by atoms with Crippen LogP contribution in [0.5, 0.6) is 17.2 Å². The van der Waals surface area contributed by atoms with Crippen LogP contribution in [0.4, 0.5) is 13.2 Å². The summed E-state index contributed by atoms with van der Waals surface area (Å²) in [6.45, 7) is 0. The van der Waals surface area contributed by atoms with E-state index in [2.05, 4.69) is 9.72 Å². The van der Waals surface area contributed by atoms with Gasteiger partial charge in [-0.25, -0.2) is 0 Å². The smallest absolute Gasteiger partial charge is 0.507 e. The van der Waals surface area contributed by atoms with Gasteiger partial charge in [0.05, 0.1) is 7.11 Å². The molecule has 0 atom stereocenters. The molecule has 1 aromatic heterocycles. The monoisotopic (exact) mass is 335 g/mol. The molecule has 0 aliphatic carbocycles. The SMILES string of the molecule is COc1ccc(-c2cc(OC(F)(F)F)ccc2O)c2cccnc12. The first-order chi connectivity index (χ1) is 11.4. The fourth-order valence-corrected chi connectivity index (χ4v) is 2.47. The first-order valence-corrected chi connectivity index (χ1v) is 6.90. The van der Waals surface area contributed by atoms with Crippen molar-refractivity contribution in [2.75, 3.05) is 7.11 Å². The molecule has 0 aliphatic rings. The van der Waals surface area contributed by atoms with Crippen LogP contribution in [-0.2, 0) is 0 Å². The molecular weight excluding hydrogens is 323 g/mol. The van der Waals surface area contributed by atoms with E-state index in [1.807, 2.05) is 0 Å². The number of alkyl halides is 3. The van der Waals surface area contributed by atoms with E-state index in [4.69, 9.17) is 4.74 Å². The Hall–Kier alpha value is -2.96. The summed E-state index contributed by atoms with van der Waals surface area (Å²) < 4.78 is 46.4. The van der Waals surface area contributed by atoms with Crippen molar-refractivity contribution in [3.63, 3.8) is 0 Å². The Balaban J connectivity index is 2.19. The Kier molecular flexibility index (Phi) is 3.92. The number of pyridine rings is 1. The summed E-state index contributed by atoms with van der Waals surface area (Å²) >= 11 is 0. The zero-order chi connectivity index (χ0) is 17.3. The molecule has 0 radical (unpaired) electrons. The maximum absolute atomic E-state index is 12.4. The second kappa shape index (κ2) is 5.92. The van der Waals surface area contributed by atoms with E-state index in [9.17, 15) is 18.3 Å². The molecule has 7 heteroatoms. The number of aromatic hydroxyl groups is 1. The molecule has 2 aromatic carbocycles. The Labute approximate surface area is 135 Å². The zero-order valence-corrected chi connectivity index (χ0v) is 12.5. The number of rotatable bonds is 3. The molecule has 24 heavy (non-hydrogen) atoms. The molecule has 124 valence electrons. The minimum Gasteiger partial charge on any atom is -0.507 e. The average molecular weight is 335 g/mol. The number of methoxy groups -OCH3 is 1. The maximum atomic E-state index is 12.4. The predicted molar refractivity (Wildman–Crippen MR) is 82.1 cm³/mol. The van der Waals surface area contributed by atoms with Gasteiger partial charge in [0.1, 0.15) is 22.8 Å². The van der Waals surface area contributed by atoms with Crippen molar-refractivity contribution in [2.24, 2.45) is 0 Å². The highest BCUT2D eigenvalue weighted by Crippen LogP contribution is 2.39. The van der Waals surface area contributed by atoms with Crippen molar-refractivity contribution in [3.8, 4) is 28.4 Å². The quantitative estimate of drug-likeness (QED) is 0.765. The number of phenolic OH excluding ortho intramolecular Hbond substituents is 1. The molecule has 3 aromatic rings. The molecule has 0 unspecified atom stereocenters. The lowest BCUT2D eigenvalue weighted by molar-refractivity contribution is -0.274. The largest absolute Gasteiger partial charge is 0.573 e. The highest BCUT2D eigenvalue weighted by Gasteiger charge is 2.31. The lowest BCUT2D eigenvalue weighted by Crippen LogP contribution is -2.17. The van der Waals surface area contributed by atoms with Crippen LogP contribution in [0.15, 0.2) is 48.7 Å². The molecule has 1 heterocycles. The van der Waals surface area contributed by atoms with Gasteiger partial charge in [0.15, 0.2) is 0 Å². The molecule has 0 bridgehead atoms. The van der Waals surface area contributed by atoms with Gasteiger partial charge in [0, 0.05) is 17.1 Å². The minimum absolute atomic E-state index is 0.167. The number of aromatic nitrogens is 1. The molecule has 3 rings (SSSR count). The molecule has 1 N–H and O–H groups in total. The third-order valence-corrected chi connectivity index (χ3v) is 3.44. The number of nitrogens with zero attached hydrogens (tertiary/aromatic N) is 1. The summed E-state index contributed by atoms with van der Waals surface area (Å²) in [6.07, 6.45) is -3.23. The van der Waals surface area contributed by atoms with Crippen LogP contribution >= 0.6 is 0 Å². The fraction of sp³-hybridized carbons (Fsp3) is 0.118. The second-order valence-electron chi connectivity index (χ2n) is 4.94. The van der Waals surface area contributed by atoms with E-state index in [0.717, 1.165) is 18.2 Å². The second-order valence-corrected chi connectivity index (χ2v) is 4.94. The lowest BCUT2D eigenvalue weighted by atomic mass is 9.99. The summed E-state index contributed by atoms with van der Waals surface area (Å²) in [5.74, 6) is -0.0560. The first-order valence-electron chi connectivity index (χ1n) is 6.90. The molecule has 0 fully saturated rings. The topological polar surface area (TPSA) is 51.6 Å². The first kappa shape index (κ1) is 15.9. The van der Waals surface area contributed by atoms with Gasteiger partial charge in [0.2, 0.25) is 0 Å². The van der Waals surface area contributed by atoms with E-state index in [-0.39, 0.29) is 11.3 Å². The van der Waals surface area contributed by atoms with Crippen LogP contribution in [0.1, 0.15) is 0 Å². The maximum Gasteiger partial charge on any atom is 0.573 e. The number of ether oxygens (including phenoxy) is 2.